The molecule has 0 aromatic heterocycles. The first-order valence-corrected chi connectivity index (χ1v) is 14.1. The predicted octanol–water partition coefficient (Wildman–Crippen LogP) is 6.55. The van der Waals surface area contributed by atoms with Gasteiger partial charge < -0.3 is 20.5 Å². The fraction of sp³-hybridized carbons (Fsp3) is 0.594. The van der Waals surface area contributed by atoms with Crippen LogP contribution in [0, 0.1) is 0 Å². The van der Waals surface area contributed by atoms with Gasteiger partial charge in [0, 0.05) is 25.6 Å². The Morgan fingerprint density at radius 2 is 1.35 bits per heavy atom. The number of alkyl carbamates (subject to hydrolysis) is 1. The number of carbonyl (C=O) groups is 1. The van der Waals surface area contributed by atoms with Crippen molar-refractivity contribution in [2.24, 2.45) is 0 Å². The topological polar surface area (TPSA) is 70.6 Å². The molecule has 5 nitrogen and oxygen atoms in total. The van der Waals surface area contributed by atoms with Gasteiger partial charge in [-0.2, -0.15) is 0 Å². The third-order valence-corrected chi connectivity index (χ3v) is 8.65. The summed E-state index contributed by atoms with van der Waals surface area (Å²) in [5, 5.41) is 18.8. The second-order valence-corrected chi connectivity index (χ2v) is 11.9. The summed E-state index contributed by atoms with van der Waals surface area (Å²) in [6.45, 7) is 16.6. The summed E-state index contributed by atoms with van der Waals surface area (Å²) in [7, 11) is 0. The van der Waals surface area contributed by atoms with Gasteiger partial charge in [0.25, 0.3) is 0 Å². The van der Waals surface area contributed by atoms with Crippen molar-refractivity contribution >= 4 is 6.09 Å². The quantitative estimate of drug-likeness (QED) is 0.301. The van der Waals surface area contributed by atoms with Gasteiger partial charge in [-0.1, -0.05) is 103 Å². The molecule has 1 aliphatic heterocycles. The molecule has 5 heteroatoms. The molecule has 1 aliphatic rings. The van der Waals surface area contributed by atoms with Crippen LogP contribution < -0.4 is 10.6 Å². The molecule has 37 heavy (non-hydrogen) atoms. The average molecular weight is 509 g/mol. The molecule has 0 bridgehead atoms. The molecule has 2 aromatic rings. The van der Waals surface area contributed by atoms with Crippen LogP contribution in [-0.2, 0) is 21.2 Å². The molecule has 2 aromatic carbocycles. The van der Waals surface area contributed by atoms with E-state index in [4.69, 9.17) is 4.74 Å². The van der Waals surface area contributed by atoms with Crippen LogP contribution in [0.25, 0.3) is 0 Å². The molecule has 1 fully saturated rings. The molecular weight excluding hydrogens is 460 g/mol. The van der Waals surface area contributed by atoms with Gasteiger partial charge >= 0.3 is 6.09 Å². The zero-order valence-electron chi connectivity index (χ0n) is 24.0. The number of benzene rings is 2. The number of hydrogen-bond donors (Lipinski definition) is 3. The van der Waals surface area contributed by atoms with E-state index in [1.807, 2.05) is 0 Å². The summed E-state index contributed by atoms with van der Waals surface area (Å²) >= 11 is 0. The Kier molecular flexibility index (Phi) is 9.47. The minimum absolute atomic E-state index is 0.0692. The Morgan fingerprint density at radius 1 is 0.892 bits per heavy atom. The number of rotatable bonds is 11. The minimum atomic E-state index is -1.26. The molecule has 204 valence electrons. The van der Waals surface area contributed by atoms with E-state index >= 15 is 0 Å². The summed E-state index contributed by atoms with van der Waals surface area (Å²) < 4.78 is 5.69. The Morgan fingerprint density at radius 3 is 1.78 bits per heavy atom. The highest BCUT2D eigenvalue weighted by Gasteiger charge is 2.45. The van der Waals surface area contributed by atoms with Crippen LogP contribution in [-0.4, -0.2) is 36.4 Å². The molecule has 0 unspecified atom stereocenters. The Hall–Kier alpha value is -2.37. The standard InChI is InChI=1S/C32H48N2O3/c1-8-11-20-33-29(35)37-27-21-28(34-22-27)32(36,25-16-12-23(13-17-25)30(4,5)9-2)26-18-14-24(15-19-26)31(6,7)10-3/h12-19,27-28,34,36H,8-11,20-22H2,1-7H3,(H,33,35)/t27-,28-/m1/s1. The SMILES string of the molecule is CCCCNC(=O)O[C@H]1CN[C@@H](C(O)(c2ccc(C(C)(C)CC)cc2)c2ccc(C(C)(C)CC)cc2)C1. The van der Waals surface area contributed by atoms with Crippen molar-refractivity contribution in [3.63, 3.8) is 0 Å². The summed E-state index contributed by atoms with van der Waals surface area (Å²) in [4.78, 5) is 12.3. The van der Waals surface area contributed by atoms with E-state index in [1.165, 1.54) is 11.1 Å². The molecule has 2 atom stereocenters. The number of unbranched alkanes of at least 4 members (excludes halogenated alkanes) is 1. The van der Waals surface area contributed by atoms with Crippen LogP contribution in [0.2, 0.25) is 0 Å². The van der Waals surface area contributed by atoms with E-state index in [0.717, 1.165) is 36.8 Å². The lowest BCUT2D eigenvalue weighted by Crippen LogP contribution is -2.46. The number of ether oxygens (including phenoxy) is 1. The lowest BCUT2D eigenvalue weighted by molar-refractivity contribution is 0.0372. The van der Waals surface area contributed by atoms with Crippen LogP contribution in [0.15, 0.2) is 48.5 Å². The first-order chi connectivity index (χ1) is 17.5. The highest BCUT2D eigenvalue weighted by molar-refractivity contribution is 5.67. The van der Waals surface area contributed by atoms with Gasteiger partial charge in [0.15, 0.2) is 0 Å². The number of nitrogens with one attached hydrogen (secondary N) is 2. The maximum atomic E-state index is 12.5. The second-order valence-electron chi connectivity index (χ2n) is 11.9. The zero-order chi connectivity index (χ0) is 27.3. The van der Waals surface area contributed by atoms with Crippen molar-refractivity contribution in [3.8, 4) is 0 Å². The molecule has 0 radical (unpaired) electrons. The van der Waals surface area contributed by atoms with Crippen molar-refractivity contribution in [1.82, 2.24) is 10.6 Å². The van der Waals surface area contributed by atoms with Crippen molar-refractivity contribution in [2.75, 3.05) is 13.1 Å². The third-order valence-electron chi connectivity index (χ3n) is 8.65. The fourth-order valence-corrected chi connectivity index (χ4v) is 5.00. The van der Waals surface area contributed by atoms with Crippen molar-refractivity contribution < 1.29 is 14.6 Å². The highest BCUT2D eigenvalue weighted by Crippen LogP contribution is 2.39. The molecule has 3 rings (SSSR count). The Labute approximate surface area is 224 Å². The van der Waals surface area contributed by atoms with Gasteiger partial charge in [0.05, 0.1) is 0 Å². The Bertz CT molecular complexity index is 952. The molecular formula is C32H48N2O3. The second kappa shape index (κ2) is 12.0. The summed E-state index contributed by atoms with van der Waals surface area (Å²) in [5.41, 5.74) is 3.07. The van der Waals surface area contributed by atoms with Crippen LogP contribution >= 0.6 is 0 Å². The van der Waals surface area contributed by atoms with E-state index in [0.29, 0.717) is 19.5 Å². The van der Waals surface area contributed by atoms with E-state index in [2.05, 4.69) is 108 Å². The lowest BCUT2D eigenvalue weighted by atomic mass is 9.75. The molecule has 1 heterocycles. The Balaban J connectivity index is 1.92. The number of hydrogen-bond acceptors (Lipinski definition) is 4. The van der Waals surface area contributed by atoms with Crippen LogP contribution in [0.5, 0.6) is 0 Å². The predicted molar refractivity (Wildman–Crippen MR) is 152 cm³/mol. The maximum Gasteiger partial charge on any atom is 0.407 e. The first-order valence-electron chi connectivity index (χ1n) is 14.1. The van der Waals surface area contributed by atoms with Crippen molar-refractivity contribution in [1.29, 1.82) is 0 Å². The van der Waals surface area contributed by atoms with Crippen LogP contribution in [0.3, 0.4) is 0 Å². The van der Waals surface area contributed by atoms with E-state index in [1.54, 1.807) is 0 Å². The van der Waals surface area contributed by atoms with Crippen molar-refractivity contribution in [3.05, 3.63) is 70.8 Å². The van der Waals surface area contributed by atoms with E-state index in [-0.39, 0.29) is 29.1 Å². The van der Waals surface area contributed by atoms with E-state index < -0.39 is 5.60 Å². The number of carbonyl (C=O) groups excluding carboxylic acids is 1. The monoisotopic (exact) mass is 508 g/mol. The molecule has 1 amide bonds. The first kappa shape index (κ1) is 29.2. The maximum absolute atomic E-state index is 12.5. The molecule has 3 N–H and O–H groups in total. The van der Waals surface area contributed by atoms with Gasteiger partial charge in [-0.3, -0.25) is 0 Å². The molecule has 1 saturated heterocycles. The summed E-state index contributed by atoms with van der Waals surface area (Å²) in [6, 6.07) is 16.5. The molecule has 0 aliphatic carbocycles. The van der Waals surface area contributed by atoms with E-state index in [9.17, 15) is 9.90 Å². The smallest absolute Gasteiger partial charge is 0.407 e. The van der Waals surface area contributed by atoms with Crippen molar-refractivity contribution in [2.45, 2.75) is 109 Å². The van der Waals surface area contributed by atoms with Gasteiger partial charge in [-0.15, -0.1) is 0 Å². The normalized spacial score (nSPS) is 18.6. The minimum Gasteiger partial charge on any atom is -0.445 e. The summed E-state index contributed by atoms with van der Waals surface area (Å²) in [5.74, 6) is 0. The van der Waals surface area contributed by atoms with Crippen LogP contribution in [0.4, 0.5) is 4.79 Å². The van der Waals surface area contributed by atoms with Gasteiger partial charge in [-0.05, 0) is 52.3 Å². The molecule has 0 spiro atoms. The van der Waals surface area contributed by atoms with Gasteiger partial charge in [0.2, 0.25) is 0 Å². The largest absolute Gasteiger partial charge is 0.445 e. The molecule has 0 saturated carbocycles. The van der Waals surface area contributed by atoms with Crippen LogP contribution in [0.1, 0.15) is 103 Å². The lowest BCUT2D eigenvalue weighted by Gasteiger charge is -2.36. The average Bonchev–Trinajstić information content (AvgIpc) is 3.37. The number of aliphatic hydroxyl groups is 1. The third kappa shape index (κ3) is 6.56. The number of amides is 1. The zero-order valence-corrected chi connectivity index (χ0v) is 24.0. The summed E-state index contributed by atoms with van der Waals surface area (Å²) in [6.07, 6.45) is 3.86. The fourth-order valence-electron chi connectivity index (χ4n) is 5.00. The van der Waals surface area contributed by atoms with Gasteiger partial charge in [0.1, 0.15) is 11.7 Å². The van der Waals surface area contributed by atoms with Gasteiger partial charge in [-0.25, -0.2) is 4.79 Å². The highest BCUT2D eigenvalue weighted by atomic mass is 16.6.